The molecule has 0 unspecified atom stereocenters. The van der Waals surface area contributed by atoms with Crippen LogP contribution in [0.25, 0.3) is 5.70 Å². The molecule has 0 aromatic heterocycles. The van der Waals surface area contributed by atoms with Crippen LogP contribution in [-0.2, 0) is 0 Å². The lowest BCUT2D eigenvalue weighted by Crippen LogP contribution is -2.10. The lowest BCUT2D eigenvalue weighted by Gasteiger charge is -2.19. The fourth-order valence-electron chi connectivity index (χ4n) is 1.58. The van der Waals surface area contributed by atoms with Gasteiger partial charge in [-0.3, -0.25) is 0 Å². The first-order valence-electron chi connectivity index (χ1n) is 4.71. The Balaban J connectivity index is 2.51. The van der Waals surface area contributed by atoms with Gasteiger partial charge in [-0.1, -0.05) is 30.0 Å². The third-order valence-corrected chi connectivity index (χ3v) is 2.38. The second kappa shape index (κ2) is 3.57. The van der Waals surface area contributed by atoms with E-state index in [1.165, 1.54) is 11.1 Å². The number of benzene rings is 1. The molecule has 1 aliphatic rings. The molecule has 1 aromatic carbocycles. The highest BCUT2D eigenvalue weighted by molar-refractivity contribution is 5.67. The first-order valence-corrected chi connectivity index (χ1v) is 4.71. The average molecular weight is 183 g/mol. The van der Waals surface area contributed by atoms with Crippen LogP contribution in [0.15, 0.2) is 48.3 Å². The second-order valence-electron chi connectivity index (χ2n) is 3.43. The third kappa shape index (κ3) is 1.50. The van der Waals surface area contributed by atoms with E-state index in [0.29, 0.717) is 0 Å². The number of hydrogen-bond acceptors (Lipinski definition) is 1. The molecule has 1 nitrogen and oxygen atoms in total. The molecule has 1 heterocycles. The van der Waals surface area contributed by atoms with Crippen LogP contribution in [0, 0.1) is 6.92 Å². The van der Waals surface area contributed by atoms with Gasteiger partial charge in [0.25, 0.3) is 0 Å². The number of nitrogens with zero attached hydrogens (tertiary/aromatic N) is 1. The monoisotopic (exact) mass is 183 g/mol. The summed E-state index contributed by atoms with van der Waals surface area (Å²) in [5.41, 5.74) is 6.92. The maximum atomic E-state index is 3.26. The minimum Gasteiger partial charge on any atom is -0.344 e. The van der Waals surface area contributed by atoms with Gasteiger partial charge in [-0.25, -0.2) is 0 Å². The van der Waals surface area contributed by atoms with Crippen LogP contribution in [0.1, 0.15) is 11.1 Å². The summed E-state index contributed by atoms with van der Waals surface area (Å²) in [4.78, 5) is 2.09. The van der Waals surface area contributed by atoms with Crippen LogP contribution >= 0.6 is 0 Å². The smallest absolute Gasteiger partial charge is 0.0913 e. The van der Waals surface area contributed by atoms with Crippen molar-refractivity contribution in [2.45, 2.75) is 6.92 Å². The van der Waals surface area contributed by atoms with E-state index in [-0.39, 0.29) is 0 Å². The molecule has 0 radical (unpaired) electrons. The van der Waals surface area contributed by atoms with Crippen LogP contribution in [0.5, 0.6) is 0 Å². The van der Waals surface area contributed by atoms with E-state index in [0.717, 1.165) is 5.70 Å². The zero-order valence-electron chi connectivity index (χ0n) is 8.49. The molecule has 1 aliphatic heterocycles. The summed E-state index contributed by atoms with van der Waals surface area (Å²) in [5.74, 6) is 0. The first kappa shape index (κ1) is 8.86. The first-order chi connectivity index (χ1) is 6.79. The third-order valence-electron chi connectivity index (χ3n) is 2.38. The second-order valence-corrected chi connectivity index (χ2v) is 3.43. The van der Waals surface area contributed by atoms with Gasteiger partial charge in [-0.15, -0.1) is 0 Å². The summed E-state index contributed by atoms with van der Waals surface area (Å²) < 4.78 is 0. The number of rotatable bonds is 1. The Labute approximate surface area is 84.7 Å². The lowest BCUT2D eigenvalue weighted by molar-refractivity contribution is 0.652. The summed E-state index contributed by atoms with van der Waals surface area (Å²) in [6.45, 7) is 2.12. The van der Waals surface area contributed by atoms with Gasteiger partial charge < -0.3 is 4.90 Å². The number of hydrogen-bond donors (Lipinski definition) is 0. The van der Waals surface area contributed by atoms with Crippen LogP contribution in [0.2, 0.25) is 0 Å². The highest BCUT2D eigenvalue weighted by atomic mass is 15.1. The normalized spacial score (nSPS) is 14.4. The van der Waals surface area contributed by atoms with Gasteiger partial charge in [0, 0.05) is 18.8 Å². The summed E-state index contributed by atoms with van der Waals surface area (Å²) >= 11 is 0. The molecule has 0 saturated heterocycles. The Kier molecular flexibility index (Phi) is 2.26. The summed E-state index contributed by atoms with van der Waals surface area (Å²) in [6.07, 6.45) is 5.97. The predicted molar refractivity (Wildman–Crippen MR) is 59.6 cm³/mol. The minimum absolute atomic E-state index is 1.13. The predicted octanol–water partition coefficient (Wildman–Crippen LogP) is 2.95. The van der Waals surface area contributed by atoms with Crippen LogP contribution in [0.4, 0.5) is 0 Å². The van der Waals surface area contributed by atoms with Gasteiger partial charge >= 0.3 is 0 Å². The Morgan fingerprint density at radius 1 is 1.21 bits per heavy atom. The highest BCUT2D eigenvalue weighted by Crippen LogP contribution is 2.21. The Hall–Kier alpha value is -1.72. The van der Waals surface area contributed by atoms with Crippen molar-refractivity contribution in [2.75, 3.05) is 7.05 Å². The van der Waals surface area contributed by atoms with Gasteiger partial charge in [0.1, 0.15) is 0 Å². The SMILES string of the molecule is Cc1ccccc1C1=C=CC=CN1C. The van der Waals surface area contributed by atoms with Gasteiger partial charge in [-0.05, 0) is 24.6 Å². The van der Waals surface area contributed by atoms with Gasteiger partial charge in [-0.2, -0.15) is 0 Å². The van der Waals surface area contributed by atoms with Crippen LogP contribution in [0.3, 0.4) is 0 Å². The molecular weight excluding hydrogens is 170 g/mol. The molecule has 0 bridgehead atoms. The van der Waals surface area contributed by atoms with Crippen LogP contribution < -0.4 is 0 Å². The van der Waals surface area contributed by atoms with E-state index in [1.54, 1.807) is 0 Å². The quantitative estimate of drug-likeness (QED) is 0.605. The van der Waals surface area contributed by atoms with E-state index >= 15 is 0 Å². The van der Waals surface area contributed by atoms with E-state index < -0.39 is 0 Å². The number of aryl methyl sites for hydroxylation is 1. The highest BCUT2D eigenvalue weighted by Gasteiger charge is 2.07. The summed E-state index contributed by atoms with van der Waals surface area (Å²) in [7, 11) is 2.04. The Morgan fingerprint density at radius 2 is 2.00 bits per heavy atom. The van der Waals surface area contributed by atoms with Crippen molar-refractivity contribution in [3.05, 3.63) is 59.5 Å². The minimum atomic E-state index is 1.13. The fraction of sp³-hybridized carbons (Fsp3) is 0.154. The Bertz CT molecular complexity index is 434. The maximum Gasteiger partial charge on any atom is 0.0913 e. The maximum absolute atomic E-state index is 3.26. The molecule has 0 amide bonds. The molecule has 0 atom stereocenters. The zero-order chi connectivity index (χ0) is 9.97. The summed E-state index contributed by atoms with van der Waals surface area (Å²) in [6, 6.07) is 8.36. The average Bonchev–Trinajstić information content (AvgIpc) is 2.20. The molecule has 2 rings (SSSR count). The van der Waals surface area contributed by atoms with Gasteiger partial charge in [0.05, 0.1) is 5.70 Å². The fourth-order valence-corrected chi connectivity index (χ4v) is 1.58. The van der Waals surface area contributed by atoms with Crippen molar-refractivity contribution in [1.82, 2.24) is 4.90 Å². The van der Waals surface area contributed by atoms with Crippen molar-refractivity contribution in [3.63, 3.8) is 0 Å². The van der Waals surface area contributed by atoms with Crippen molar-refractivity contribution >= 4 is 5.70 Å². The summed E-state index contributed by atoms with van der Waals surface area (Å²) in [5, 5.41) is 0. The molecule has 1 heteroatoms. The topological polar surface area (TPSA) is 3.24 Å². The molecule has 0 aliphatic carbocycles. The number of allylic oxidation sites excluding steroid dienone is 2. The van der Waals surface area contributed by atoms with Crippen molar-refractivity contribution in [2.24, 2.45) is 0 Å². The molecule has 0 N–H and O–H groups in total. The van der Waals surface area contributed by atoms with E-state index in [2.05, 4.69) is 41.8 Å². The molecule has 70 valence electrons. The molecule has 1 aromatic rings. The largest absolute Gasteiger partial charge is 0.344 e. The van der Waals surface area contributed by atoms with E-state index in [9.17, 15) is 0 Å². The molecule has 0 fully saturated rings. The lowest BCUT2D eigenvalue weighted by atomic mass is 10.0. The van der Waals surface area contributed by atoms with Crippen molar-refractivity contribution in [3.8, 4) is 0 Å². The molecule has 0 saturated carbocycles. The molecule has 14 heavy (non-hydrogen) atoms. The van der Waals surface area contributed by atoms with Gasteiger partial charge in [0.2, 0.25) is 0 Å². The van der Waals surface area contributed by atoms with Crippen molar-refractivity contribution in [1.29, 1.82) is 0 Å². The molecule has 0 spiro atoms. The molecular formula is C13H13N. The van der Waals surface area contributed by atoms with E-state index in [4.69, 9.17) is 0 Å². The van der Waals surface area contributed by atoms with Crippen LogP contribution in [-0.4, -0.2) is 11.9 Å². The van der Waals surface area contributed by atoms with Gasteiger partial charge in [0.15, 0.2) is 0 Å². The Morgan fingerprint density at radius 3 is 2.71 bits per heavy atom. The van der Waals surface area contributed by atoms with E-state index in [1.807, 2.05) is 25.4 Å². The standard InChI is InChI=1S/C13H13N/c1-11-7-3-4-8-12(11)13-9-5-6-10-14(13)2/h3-8,10H,1-2H3. The zero-order valence-corrected chi connectivity index (χ0v) is 8.49. The van der Waals surface area contributed by atoms with Crippen molar-refractivity contribution < 1.29 is 0 Å².